The lowest BCUT2D eigenvalue weighted by atomic mass is 9.43. The second-order valence-electron chi connectivity index (χ2n) is 15.8. The van der Waals surface area contributed by atoms with E-state index in [9.17, 15) is 19.2 Å². The molecule has 0 heterocycles. The molecule has 8 heteroatoms. The van der Waals surface area contributed by atoms with Gasteiger partial charge < -0.3 is 14.2 Å². The second kappa shape index (κ2) is 12.6. The van der Waals surface area contributed by atoms with E-state index < -0.39 is 8.07 Å². The number of esters is 3. The third-order valence-corrected chi connectivity index (χ3v) is 17.9. The molecule has 0 amide bonds. The van der Waals surface area contributed by atoms with E-state index in [1.807, 2.05) is 0 Å². The Morgan fingerprint density at radius 3 is 2.22 bits per heavy atom. The fourth-order valence-corrected chi connectivity index (χ4v) is 15.7. The maximum absolute atomic E-state index is 13.5. The third kappa shape index (κ3) is 5.82. The van der Waals surface area contributed by atoms with Crippen LogP contribution in [0.4, 0.5) is 0 Å². The summed E-state index contributed by atoms with van der Waals surface area (Å²) in [5, 5.41) is 1.36. The Bertz CT molecular complexity index is 1290. The second-order valence-corrected chi connectivity index (χ2v) is 20.5. The highest BCUT2D eigenvalue weighted by Crippen LogP contribution is 2.71. The predicted molar refractivity (Wildman–Crippen MR) is 175 cm³/mol. The van der Waals surface area contributed by atoms with Crippen molar-refractivity contribution in [3.05, 3.63) is 30.3 Å². The lowest BCUT2D eigenvalue weighted by Gasteiger charge is -2.66. The highest BCUT2D eigenvalue weighted by Gasteiger charge is 2.70. The average molecular weight is 639 g/mol. The molecule has 0 radical (unpaired) electrons. The Kier molecular flexibility index (Phi) is 9.49. The molecule has 1 aromatic rings. The molecule has 0 N–H and O–H groups in total. The van der Waals surface area contributed by atoms with Gasteiger partial charge in [-0.2, -0.15) is 0 Å². The summed E-state index contributed by atoms with van der Waals surface area (Å²) in [5.74, 6) is 0.595. The number of methoxy groups -OCH3 is 1. The van der Waals surface area contributed by atoms with E-state index in [4.69, 9.17) is 14.2 Å². The van der Waals surface area contributed by atoms with Crippen molar-refractivity contribution in [1.82, 2.24) is 0 Å². The minimum Gasteiger partial charge on any atom is -0.469 e. The van der Waals surface area contributed by atoms with Gasteiger partial charge in [-0.1, -0.05) is 69.4 Å². The van der Waals surface area contributed by atoms with E-state index in [2.05, 4.69) is 64.2 Å². The van der Waals surface area contributed by atoms with Crippen molar-refractivity contribution in [3.8, 4) is 0 Å². The van der Waals surface area contributed by atoms with Gasteiger partial charge in [-0.15, -0.1) is 0 Å². The lowest BCUT2D eigenvalue weighted by Crippen LogP contribution is -2.67. The molecule has 4 fully saturated rings. The van der Waals surface area contributed by atoms with Crippen LogP contribution in [0.3, 0.4) is 0 Å². The Hall–Kier alpha value is -2.48. The van der Waals surface area contributed by atoms with Crippen LogP contribution in [0.5, 0.6) is 0 Å². The summed E-state index contributed by atoms with van der Waals surface area (Å²) in [6.07, 6.45) is 4.95. The molecule has 1 aromatic carbocycles. The number of benzene rings is 1. The van der Waals surface area contributed by atoms with Crippen molar-refractivity contribution < 1.29 is 33.4 Å². The molecular formula is C37H54O7Si. The molecule has 11 atom stereocenters. The normalized spacial score (nSPS) is 38.3. The predicted octanol–water partition coefficient (Wildman–Crippen LogP) is 6.48. The first-order chi connectivity index (χ1) is 21.1. The number of ketones is 1. The molecule has 0 spiro atoms. The molecule has 45 heavy (non-hydrogen) atoms. The molecule has 7 nitrogen and oxygen atoms in total. The molecule has 4 aliphatic rings. The van der Waals surface area contributed by atoms with Gasteiger partial charge in [0.2, 0.25) is 0 Å². The number of hydrogen-bond donors (Lipinski definition) is 0. The Balaban J connectivity index is 1.61. The number of fused-ring (bicyclic) bond motifs is 5. The van der Waals surface area contributed by atoms with Crippen LogP contribution in [0.1, 0.15) is 86.0 Å². The molecule has 0 saturated heterocycles. The number of rotatable bonds is 8. The molecule has 0 aromatic heterocycles. The summed E-state index contributed by atoms with van der Waals surface area (Å²) in [5.41, 5.74) is -0.284. The van der Waals surface area contributed by atoms with Gasteiger partial charge >= 0.3 is 17.9 Å². The standard InChI is InChI=1S/C37H54O7Si/c1-22(14-17-34(41)42-6)28-15-16-29-35-30(21-32(37(28,29)5)44-24(3)39)36(4)25(19-31(35)43-23(2)38)18-26(40)20-33(36)45(7,8)27-12-10-9-11-13-27/h9-13,22,25,28-33,35H,14-21H2,1-8H3/t22-,25+,28-,29+,30?,31-,32+,33-,35?,36+,37-/m1/s1. The zero-order valence-electron chi connectivity index (χ0n) is 28.6. The molecule has 248 valence electrons. The van der Waals surface area contributed by atoms with Gasteiger partial charge in [-0.25, -0.2) is 0 Å². The summed E-state index contributed by atoms with van der Waals surface area (Å²) in [7, 11) is -0.746. The SMILES string of the molecule is COC(=O)CC[C@@H](C)[C@H]1CC[C@H]2C3C(C[C@H](OC(C)=O)[C@]12C)[C@]1(C)[C@@H](CC(=O)C[C@H]1[Si](C)(C)c1ccccc1)C[C@H]3OC(C)=O. The van der Waals surface area contributed by atoms with Crippen molar-refractivity contribution in [2.45, 2.75) is 117 Å². The van der Waals surface area contributed by atoms with Crippen LogP contribution >= 0.6 is 0 Å². The van der Waals surface area contributed by atoms with E-state index in [1.165, 1.54) is 26.1 Å². The first-order valence-electron chi connectivity index (χ1n) is 17.1. The number of carbonyl (C=O) groups is 4. The molecule has 4 aliphatic carbocycles. The molecular weight excluding hydrogens is 584 g/mol. The van der Waals surface area contributed by atoms with Gasteiger partial charge in [-0.05, 0) is 72.6 Å². The third-order valence-electron chi connectivity index (χ3n) is 13.5. The Morgan fingerprint density at radius 2 is 1.60 bits per heavy atom. The van der Waals surface area contributed by atoms with Crippen LogP contribution in [0.2, 0.25) is 18.6 Å². The van der Waals surface area contributed by atoms with Crippen LogP contribution in [0.15, 0.2) is 30.3 Å². The van der Waals surface area contributed by atoms with Crippen molar-refractivity contribution in [1.29, 1.82) is 0 Å². The highest BCUT2D eigenvalue weighted by atomic mass is 28.3. The van der Waals surface area contributed by atoms with Gasteiger partial charge in [-0.3, -0.25) is 19.2 Å². The van der Waals surface area contributed by atoms with E-state index in [0.29, 0.717) is 37.9 Å². The smallest absolute Gasteiger partial charge is 0.305 e. The molecule has 2 unspecified atom stereocenters. The first-order valence-corrected chi connectivity index (χ1v) is 20.2. The fraction of sp³-hybridized carbons (Fsp3) is 0.730. The van der Waals surface area contributed by atoms with Gasteiger partial charge in [0, 0.05) is 44.4 Å². The molecule has 0 aliphatic heterocycles. The van der Waals surface area contributed by atoms with Crippen LogP contribution in [0.25, 0.3) is 0 Å². The minimum absolute atomic E-state index is 0.100. The van der Waals surface area contributed by atoms with Crippen LogP contribution < -0.4 is 5.19 Å². The number of ether oxygens (including phenoxy) is 3. The highest BCUT2D eigenvalue weighted by molar-refractivity contribution is 6.91. The molecule has 0 bridgehead atoms. The topological polar surface area (TPSA) is 96.0 Å². The zero-order chi connectivity index (χ0) is 32.9. The minimum atomic E-state index is -2.17. The van der Waals surface area contributed by atoms with Crippen LogP contribution in [0, 0.1) is 46.3 Å². The van der Waals surface area contributed by atoms with Crippen molar-refractivity contribution in [2.75, 3.05) is 7.11 Å². The summed E-state index contributed by atoms with van der Waals surface area (Å²) >= 11 is 0. The summed E-state index contributed by atoms with van der Waals surface area (Å²) in [4.78, 5) is 51.0. The monoisotopic (exact) mass is 638 g/mol. The Morgan fingerprint density at radius 1 is 0.933 bits per heavy atom. The fourth-order valence-electron chi connectivity index (χ4n) is 11.5. The maximum atomic E-state index is 13.5. The zero-order valence-corrected chi connectivity index (χ0v) is 29.6. The largest absolute Gasteiger partial charge is 0.469 e. The van der Waals surface area contributed by atoms with Crippen molar-refractivity contribution >= 4 is 37.0 Å². The van der Waals surface area contributed by atoms with Crippen molar-refractivity contribution in [3.63, 3.8) is 0 Å². The molecule has 5 rings (SSSR count). The Labute approximate surface area is 270 Å². The quantitative estimate of drug-likeness (QED) is 0.183. The summed E-state index contributed by atoms with van der Waals surface area (Å²) in [6, 6.07) is 10.7. The maximum Gasteiger partial charge on any atom is 0.305 e. The van der Waals surface area contributed by atoms with Gasteiger partial charge in [0.05, 0.1) is 15.2 Å². The lowest BCUT2D eigenvalue weighted by molar-refractivity contribution is -0.219. The van der Waals surface area contributed by atoms with Crippen LogP contribution in [-0.4, -0.2) is 51.1 Å². The van der Waals surface area contributed by atoms with Gasteiger partial charge in [0.25, 0.3) is 0 Å². The van der Waals surface area contributed by atoms with E-state index in [0.717, 1.165) is 19.3 Å². The van der Waals surface area contributed by atoms with Gasteiger partial charge in [0.1, 0.15) is 18.0 Å². The number of carbonyl (C=O) groups excluding carboxylic acids is 4. The van der Waals surface area contributed by atoms with Crippen molar-refractivity contribution in [2.24, 2.45) is 46.3 Å². The van der Waals surface area contributed by atoms with Crippen LogP contribution in [-0.2, 0) is 33.4 Å². The first kappa shape index (κ1) is 33.9. The van der Waals surface area contributed by atoms with E-state index in [-0.39, 0.29) is 82.0 Å². The van der Waals surface area contributed by atoms with E-state index >= 15 is 0 Å². The molecule has 4 saturated carbocycles. The van der Waals surface area contributed by atoms with Gasteiger partial charge in [0.15, 0.2) is 0 Å². The average Bonchev–Trinajstić information content (AvgIpc) is 3.34. The number of Topliss-reactive ketones (excluding diaryl/α,β-unsaturated/α-hetero) is 1. The summed E-state index contributed by atoms with van der Waals surface area (Å²) in [6.45, 7) is 14.8. The van der Waals surface area contributed by atoms with E-state index in [1.54, 1.807) is 0 Å². The summed E-state index contributed by atoms with van der Waals surface area (Å²) < 4.78 is 17.6. The number of hydrogen-bond acceptors (Lipinski definition) is 7.